The number of nitrogens with one attached hydrogen (secondary N) is 3. The Balaban J connectivity index is 0.00000364. The van der Waals surface area contributed by atoms with Gasteiger partial charge in [0.05, 0.1) is 12.6 Å². The lowest BCUT2D eigenvalue weighted by Crippen LogP contribution is -2.44. The zero-order chi connectivity index (χ0) is 18.8. The molecule has 6 heteroatoms. The first kappa shape index (κ1) is 24.2. The average Bonchev–Trinajstić information content (AvgIpc) is 3.13. The van der Waals surface area contributed by atoms with E-state index in [-0.39, 0.29) is 29.5 Å². The number of hydrogen-bond acceptors (Lipinski definition) is 3. The molecule has 1 aromatic rings. The van der Waals surface area contributed by atoms with Gasteiger partial charge in [-0.1, -0.05) is 30.3 Å². The van der Waals surface area contributed by atoms with Crippen molar-refractivity contribution >= 4 is 29.9 Å². The van der Waals surface area contributed by atoms with Crippen molar-refractivity contribution in [3.8, 4) is 0 Å². The monoisotopic (exact) mass is 487 g/mol. The van der Waals surface area contributed by atoms with E-state index in [1.165, 1.54) is 31.5 Å². The number of guanidine groups is 1. The van der Waals surface area contributed by atoms with Crippen molar-refractivity contribution in [2.24, 2.45) is 4.99 Å². The van der Waals surface area contributed by atoms with E-state index in [0.29, 0.717) is 6.04 Å². The minimum atomic E-state index is 0. The average molecular weight is 487 g/mol. The molecule has 0 amide bonds. The van der Waals surface area contributed by atoms with Crippen LogP contribution in [0.5, 0.6) is 0 Å². The third-order valence-corrected chi connectivity index (χ3v) is 4.61. The molecule has 1 fully saturated rings. The van der Waals surface area contributed by atoms with Gasteiger partial charge in [0.15, 0.2) is 5.96 Å². The zero-order valence-electron chi connectivity index (χ0n) is 17.4. The molecule has 5 nitrogen and oxygen atoms in total. The summed E-state index contributed by atoms with van der Waals surface area (Å²) >= 11 is 0. The predicted molar refractivity (Wildman–Crippen MR) is 127 cm³/mol. The number of rotatable bonds is 8. The van der Waals surface area contributed by atoms with E-state index >= 15 is 0 Å². The number of nitrogens with zero attached hydrogens (tertiary/aromatic N) is 2. The fourth-order valence-corrected chi connectivity index (χ4v) is 3.30. The maximum atomic E-state index is 4.89. The summed E-state index contributed by atoms with van der Waals surface area (Å²) in [6, 6.07) is 11.2. The fourth-order valence-electron chi connectivity index (χ4n) is 3.30. The van der Waals surface area contributed by atoms with Crippen LogP contribution in [0.25, 0.3) is 0 Å². The summed E-state index contributed by atoms with van der Waals surface area (Å²) in [5.41, 5.74) is 1.51. The molecular formula is C21H38IN5. The lowest BCUT2D eigenvalue weighted by Gasteiger charge is -2.27. The summed E-state index contributed by atoms with van der Waals surface area (Å²) in [4.78, 5) is 7.47. The first-order valence-electron chi connectivity index (χ1n) is 10.1. The molecule has 1 saturated heterocycles. The molecule has 1 aliphatic heterocycles. The van der Waals surface area contributed by atoms with Crippen molar-refractivity contribution in [3.63, 3.8) is 0 Å². The highest BCUT2D eigenvalue weighted by molar-refractivity contribution is 14.0. The van der Waals surface area contributed by atoms with E-state index in [9.17, 15) is 0 Å². The maximum Gasteiger partial charge on any atom is 0.191 e. The van der Waals surface area contributed by atoms with E-state index in [4.69, 9.17) is 4.99 Å². The second-order valence-electron chi connectivity index (χ2n) is 7.99. The lowest BCUT2D eigenvalue weighted by atomic mass is 10.1. The molecule has 0 radical (unpaired) electrons. The molecule has 1 heterocycles. The second kappa shape index (κ2) is 12.6. The lowest BCUT2D eigenvalue weighted by molar-refractivity contribution is 0.251. The molecule has 0 bridgehead atoms. The normalized spacial score (nSPS) is 16.7. The topological polar surface area (TPSA) is 51.7 Å². The summed E-state index contributed by atoms with van der Waals surface area (Å²) in [6.07, 6.45) is 2.59. The highest BCUT2D eigenvalue weighted by atomic mass is 127. The summed E-state index contributed by atoms with van der Waals surface area (Å²) < 4.78 is 0. The third kappa shape index (κ3) is 9.25. The molecule has 1 aliphatic rings. The molecule has 1 unspecified atom stereocenters. The van der Waals surface area contributed by atoms with Crippen LogP contribution in [-0.2, 0) is 0 Å². The van der Waals surface area contributed by atoms with Crippen molar-refractivity contribution in [2.75, 3.05) is 39.3 Å². The van der Waals surface area contributed by atoms with E-state index in [1.807, 2.05) is 0 Å². The van der Waals surface area contributed by atoms with E-state index in [2.05, 4.69) is 78.9 Å². The molecule has 154 valence electrons. The molecule has 2 rings (SSSR count). The minimum Gasteiger partial charge on any atom is -0.357 e. The maximum absolute atomic E-state index is 4.89. The Morgan fingerprint density at radius 1 is 1.07 bits per heavy atom. The highest BCUT2D eigenvalue weighted by Crippen LogP contribution is 2.25. The summed E-state index contributed by atoms with van der Waals surface area (Å²) in [5, 5.41) is 10.3. The number of hydrogen-bond donors (Lipinski definition) is 3. The SMILES string of the molecule is CCNC(=NCC(c1ccccc1)N1CCCC1)NCCNC(C)(C)C.I. The minimum absolute atomic E-state index is 0. The Kier molecular flexibility index (Phi) is 11.3. The molecule has 3 N–H and O–H groups in total. The van der Waals surface area contributed by atoms with Gasteiger partial charge in [0, 0.05) is 25.2 Å². The Bertz CT molecular complexity index is 535. The molecular weight excluding hydrogens is 449 g/mol. The van der Waals surface area contributed by atoms with Gasteiger partial charge in [-0.2, -0.15) is 0 Å². The first-order valence-corrected chi connectivity index (χ1v) is 10.1. The molecule has 0 aliphatic carbocycles. The van der Waals surface area contributed by atoms with Gasteiger partial charge >= 0.3 is 0 Å². The molecule has 0 aromatic heterocycles. The Labute approximate surface area is 182 Å². The first-order chi connectivity index (χ1) is 12.5. The van der Waals surface area contributed by atoms with Crippen molar-refractivity contribution in [2.45, 2.75) is 52.1 Å². The zero-order valence-corrected chi connectivity index (χ0v) is 19.8. The van der Waals surface area contributed by atoms with Crippen LogP contribution in [0.1, 0.15) is 52.1 Å². The number of aliphatic imine (C=N–C) groups is 1. The molecule has 1 aromatic carbocycles. The molecule has 0 spiro atoms. The van der Waals surface area contributed by atoms with Crippen molar-refractivity contribution in [1.82, 2.24) is 20.9 Å². The summed E-state index contributed by atoms with van der Waals surface area (Å²) in [7, 11) is 0. The van der Waals surface area contributed by atoms with E-state index in [0.717, 1.165) is 32.1 Å². The Hall–Kier alpha value is -0.860. The van der Waals surface area contributed by atoms with Gasteiger partial charge in [0.2, 0.25) is 0 Å². The van der Waals surface area contributed by atoms with E-state index in [1.54, 1.807) is 0 Å². The van der Waals surface area contributed by atoms with Crippen LogP contribution in [0.4, 0.5) is 0 Å². The molecule has 0 saturated carbocycles. The fraction of sp³-hybridized carbons (Fsp3) is 0.667. The van der Waals surface area contributed by atoms with Gasteiger partial charge in [-0.15, -0.1) is 24.0 Å². The van der Waals surface area contributed by atoms with Crippen LogP contribution < -0.4 is 16.0 Å². The van der Waals surface area contributed by atoms with Gasteiger partial charge < -0.3 is 16.0 Å². The number of halogens is 1. The predicted octanol–water partition coefficient (Wildman–Crippen LogP) is 3.38. The Morgan fingerprint density at radius 2 is 1.74 bits per heavy atom. The van der Waals surface area contributed by atoms with Crippen molar-refractivity contribution in [1.29, 1.82) is 0 Å². The molecule has 1 atom stereocenters. The number of benzene rings is 1. The van der Waals surface area contributed by atoms with Gasteiger partial charge in [-0.25, -0.2) is 0 Å². The molecule has 27 heavy (non-hydrogen) atoms. The smallest absolute Gasteiger partial charge is 0.191 e. The van der Waals surface area contributed by atoms with Gasteiger partial charge in [-0.05, 0) is 59.2 Å². The van der Waals surface area contributed by atoms with Gasteiger partial charge in [-0.3, -0.25) is 9.89 Å². The van der Waals surface area contributed by atoms with E-state index < -0.39 is 0 Å². The van der Waals surface area contributed by atoms with Crippen LogP contribution in [0.15, 0.2) is 35.3 Å². The van der Waals surface area contributed by atoms with Crippen LogP contribution in [0, 0.1) is 0 Å². The van der Waals surface area contributed by atoms with Gasteiger partial charge in [0.1, 0.15) is 0 Å². The quantitative estimate of drug-likeness (QED) is 0.228. The largest absolute Gasteiger partial charge is 0.357 e. The van der Waals surface area contributed by atoms with Gasteiger partial charge in [0.25, 0.3) is 0 Å². The summed E-state index contributed by atoms with van der Waals surface area (Å²) in [5.74, 6) is 0.906. The third-order valence-electron chi connectivity index (χ3n) is 4.61. The van der Waals surface area contributed by atoms with Crippen LogP contribution >= 0.6 is 24.0 Å². The Morgan fingerprint density at radius 3 is 2.33 bits per heavy atom. The number of likely N-dealkylation sites (tertiary alicyclic amines) is 1. The van der Waals surface area contributed by atoms with Crippen LogP contribution in [-0.4, -0.2) is 55.7 Å². The summed E-state index contributed by atoms with van der Waals surface area (Å²) in [6.45, 7) is 14.5. The standard InChI is InChI=1S/C21H37N5.HI/c1-5-22-20(23-13-14-25-21(2,3)4)24-17-19(26-15-9-10-16-26)18-11-7-6-8-12-18;/h6-8,11-12,19,25H,5,9-10,13-17H2,1-4H3,(H2,22,23,24);1H. The van der Waals surface area contributed by atoms with Crippen molar-refractivity contribution < 1.29 is 0 Å². The van der Waals surface area contributed by atoms with Crippen LogP contribution in [0.2, 0.25) is 0 Å². The van der Waals surface area contributed by atoms with Crippen molar-refractivity contribution in [3.05, 3.63) is 35.9 Å². The second-order valence-corrected chi connectivity index (χ2v) is 7.99. The van der Waals surface area contributed by atoms with Crippen LogP contribution in [0.3, 0.4) is 0 Å². The highest BCUT2D eigenvalue weighted by Gasteiger charge is 2.23.